The quantitative estimate of drug-likeness (QED) is 0.823. The van der Waals surface area contributed by atoms with Crippen LogP contribution in [0.5, 0.6) is 5.75 Å². The Morgan fingerprint density at radius 1 is 1.20 bits per heavy atom. The first-order valence-corrected chi connectivity index (χ1v) is 7.43. The first kappa shape index (κ1) is 17.0. The van der Waals surface area contributed by atoms with Gasteiger partial charge in [-0.2, -0.15) is 0 Å². The molecule has 0 radical (unpaired) electrons. The molecule has 3 heteroatoms. The van der Waals surface area contributed by atoms with Crippen molar-refractivity contribution in [3.63, 3.8) is 0 Å². The van der Waals surface area contributed by atoms with Crippen LogP contribution < -0.4 is 10.1 Å². The Morgan fingerprint density at radius 3 is 2.40 bits per heavy atom. The first-order valence-electron chi connectivity index (χ1n) is 7.43. The molecule has 2 atom stereocenters. The number of benzene rings is 1. The van der Waals surface area contributed by atoms with Gasteiger partial charge in [-0.05, 0) is 36.6 Å². The maximum absolute atomic E-state index is 5.78. The molecule has 114 valence electrons. The van der Waals surface area contributed by atoms with Gasteiger partial charge in [0.1, 0.15) is 5.75 Å². The van der Waals surface area contributed by atoms with E-state index in [9.17, 15) is 0 Å². The van der Waals surface area contributed by atoms with E-state index in [1.54, 1.807) is 7.11 Å². The Kier molecular flexibility index (Phi) is 6.50. The van der Waals surface area contributed by atoms with Crippen molar-refractivity contribution in [2.45, 2.75) is 46.8 Å². The zero-order valence-corrected chi connectivity index (χ0v) is 13.7. The standard InChI is InChI=1S/C17H29NO2/c1-7-18-15(16(19-6)17(3,4)5)13-10-9-11-14(12-13)20-8-2/h9-12,15-16,18H,7-8H2,1-6H3. The highest BCUT2D eigenvalue weighted by molar-refractivity contribution is 5.31. The van der Waals surface area contributed by atoms with Crippen LogP contribution >= 0.6 is 0 Å². The van der Waals surface area contributed by atoms with Crippen LogP contribution in [0.2, 0.25) is 0 Å². The number of ether oxygens (including phenoxy) is 2. The maximum atomic E-state index is 5.78. The fraction of sp³-hybridized carbons (Fsp3) is 0.647. The van der Waals surface area contributed by atoms with Crippen molar-refractivity contribution < 1.29 is 9.47 Å². The van der Waals surface area contributed by atoms with Crippen LogP contribution in [0.15, 0.2) is 24.3 Å². The van der Waals surface area contributed by atoms with Crippen molar-refractivity contribution in [2.75, 3.05) is 20.3 Å². The summed E-state index contributed by atoms with van der Waals surface area (Å²) in [7, 11) is 1.78. The Labute approximate surface area is 123 Å². The molecular weight excluding hydrogens is 250 g/mol. The third-order valence-corrected chi connectivity index (χ3v) is 3.36. The topological polar surface area (TPSA) is 30.5 Å². The minimum atomic E-state index is 0.0587. The number of hydrogen-bond donors (Lipinski definition) is 1. The predicted molar refractivity (Wildman–Crippen MR) is 84.3 cm³/mol. The lowest BCUT2D eigenvalue weighted by Gasteiger charge is -2.36. The van der Waals surface area contributed by atoms with Crippen molar-refractivity contribution in [2.24, 2.45) is 5.41 Å². The van der Waals surface area contributed by atoms with E-state index in [2.05, 4.69) is 45.1 Å². The molecule has 1 aromatic carbocycles. The third kappa shape index (κ3) is 4.50. The zero-order valence-electron chi connectivity index (χ0n) is 13.7. The maximum Gasteiger partial charge on any atom is 0.119 e. The van der Waals surface area contributed by atoms with Crippen LogP contribution in [0.3, 0.4) is 0 Å². The summed E-state index contributed by atoms with van der Waals surface area (Å²) in [5, 5.41) is 3.55. The van der Waals surface area contributed by atoms with E-state index in [4.69, 9.17) is 9.47 Å². The van der Waals surface area contributed by atoms with Gasteiger partial charge >= 0.3 is 0 Å². The Bertz CT molecular complexity index is 398. The van der Waals surface area contributed by atoms with E-state index < -0.39 is 0 Å². The van der Waals surface area contributed by atoms with Gasteiger partial charge in [0.15, 0.2) is 0 Å². The highest BCUT2D eigenvalue weighted by Gasteiger charge is 2.33. The fourth-order valence-corrected chi connectivity index (χ4v) is 2.57. The summed E-state index contributed by atoms with van der Waals surface area (Å²) in [5.74, 6) is 0.914. The van der Waals surface area contributed by atoms with Crippen molar-refractivity contribution in [3.8, 4) is 5.75 Å². The number of methoxy groups -OCH3 is 1. The number of nitrogens with one attached hydrogen (secondary N) is 1. The highest BCUT2D eigenvalue weighted by atomic mass is 16.5. The van der Waals surface area contributed by atoms with Crippen LogP contribution in [-0.2, 0) is 4.74 Å². The molecule has 2 unspecified atom stereocenters. The van der Waals surface area contributed by atoms with Gasteiger partial charge in [-0.25, -0.2) is 0 Å². The van der Waals surface area contributed by atoms with Gasteiger partial charge in [0.05, 0.1) is 18.8 Å². The van der Waals surface area contributed by atoms with Gasteiger partial charge in [-0.3, -0.25) is 0 Å². The molecule has 0 spiro atoms. The Balaban J connectivity index is 3.08. The molecule has 0 aliphatic heterocycles. The van der Waals surface area contributed by atoms with Gasteiger partial charge in [0, 0.05) is 7.11 Å². The average molecular weight is 279 g/mol. The molecule has 0 amide bonds. The molecule has 1 N–H and O–H groups in total. The molecule has 3 nitrogen and oxygen atoms in total. The van der Waals surface area contributed by atoms with E-state index in [0.717, 1.165) is 12.3 Å². The Hall–Kier alpha value is -1.06. The van der Waals surface area contributed by atoms with Crippen molar-refractivity contribution >= 4 is 0 Å². The molecule has 0 bridgehead atoms. The molecule has 0 heterocycles. The summed E-state index contributed by atoms with van der Waals surface area (Å²) >= 11 is 0. The zero-order chi connectivity index (χ0) is 15.2. The summed E-state index contributed by atoms with van der Waals surface area (Å²) in [6.45, 7) is 12.3. The Morgan fingerprint density at radius 2 is 1.90 bits per heavy atom. The first-order chi connectivity index (χ1) is 9.43. The molecule has 1 rings (SSSR count). The lowest BCUT2D eigenvalue weighted by atomic mass is 9.82. The molecule has 0 saturated carbocycles. The number of rotatable bonds is 7. The van der Waals surface area contributed by atoms with Crippen LogP contribution in [0.4, 0.5) is 0 Å². The van der Waals surface area contributed by atoms with E-state index in [-0.39, 0.29) is 17.6 Å². The van der Waals surface area contributed by atoms with Gasteiger partial charge in [-0.1, -0.05) is 39.8 Å². The second-order valence-electron chi connectivity index (χ2n) is 6.06. The monoisotopic (exact) mass is 279 g/mol. The highest BCUT2D eigenvalue weighted by Crippen LogP contribution is 2.33. The largest absolute Gasteiger partial charge is 0.494 e. The second kappa shape index (κ2) is 7.65. The number of likely N-dealkylation sites (N-methyl/N-ethyl adjacent to an activating group) is 1. The van der Waals surface area contributed by atoms with E-state index in [0.29, 0.717) is 6.61 Å². The molecule has 0 aliphatic rings. The normalized spacial score (nSPS) is 14.9. The fourth-order valence-electron chi connectivity index (χ4n) is 2.57. The molecular formula is C17H29NO2. The van der Waals surface area contributed by atoms with Crippen LogP contribution in [0.25, 0.3) is 0 Å². The van der Waals surface area contributed by atoms with Crippen LogP contribution in [0, 0.1) is 5.41 Å². The summed E-state index contributed by atoms with van der Waals surface area (Å²) in [5.41, 5.74) is 1.27. The number of hydrogen-bond acceptors (Lipinski definition) is 3. The summed E-state index contributed by atoms with van der Waals surface area (Å²) in [6.07, 6.45) is 0.0966. The van der Waals surface area contributed by atoms with Crippen molar-refractivity contribution in [1.29, 1.82) is 0 Å². The second-order valence-corrected chi connectivity index (χ2v) is 6.06. The van der Waals surface area contributed by atoms with Crippen molar-refractivity contribution in [1.82, 2.24) is 5.32 Å². The average Bonchev–Trinajstić information content (AvgIpc) is 2.38. The van der Waals surface area contributed by atoms with Crippen LogP contribution in [0.1, 0.15) is 46.2 Å². The minimum absolute atomic E-state index is 0.0587. The molecule has 0 aliphatic carbocycles. The lowest BCUT2D eigenvalue weighted by Crippen LogP contribution is -2.41. The summed E-state index contributed by atoms with van der Waals surface area (Å²) < 4.78 is 11.4. The molecule has 20 heavy (non-hydrogen) atoms. The van der Waals surface area contributed by atoms with Gasteiger partial charge in [0.2, 0.25) is 0 Å². The van der Waals surface area contributed by atoms with Gasteiger partial charge < -0.3 is 14.8 Å². The van der Waals surface area contributed by atoms with E-state index in [1.165, 1.54) is 5.56 Å². The molecule has 0 fully saturated rings. The van der Waals surface area contributed by atoms with Crippen LogP contribution in [-0.4, -0.2) is 26.4 Å². The molecule has 0 aromatic heterocycles. The lowest BCUT2D eigenvalue weighted by molar-refractivity contribution is -0.0116. The summed E-state index contributed by atoms with van der Waals surface area (Å²) in [4.78, 5) is 0. The molecule has 0 saturated heterocycles. The SMILES string of the molecule is CCNC(c1cccc(OCC)c1)C(OC)C(C)(C)C. The third-order valence-electron chi connectivity index (χ3n) is 3.36. The summed E-state index contributed by atoms with van der Waals surface area (Å²) in [6, 6.07) is 8.43. The van der Waals surface area contributed by atoms with E-state index >= 15 is 0 Å². The van der Waals surface area contributed by atoms with E-state index in [1.807, 2.05) is 19.1 Å². The van der Waals surface area contributed by atoms with Crippen molar-refractivity contribution in [3.05, 3.63) is 29.8 Å². The molecule has 1 aromatic rings. The predicted octanol–water partition coefficient (Wildman–Crippen LogP) is 3.80. The smallest absolute Gasteiger partial charge is 0.119 e. The minimum Gasteiger partial charge on any atom is -0.494 e. The van der Waals surface area contributed by atoms with Gasteiger partial charge in [0.25, 0.3) is 0 Å². The van der Waals surface area contributed by atoms with Gasteiger partial charge in [-0.15, -0.1) is 0 Å².